The van der Waals surface area contributed by atoms with Crippen molar-refractivity contribution in [2.45, 2.75) is 6.42 Å². The van der Waals surface area contributed by atoms with Crippen molar-refractivity contribution in [2.24, 2.45) is 0 Å². The first-order valence-electron chi connectivity index (χ1n) is 9.00. The van der Waals surface area contributed by atoms with Crippen molar-refractivity contribution < 1.29 is 9.18 Å². The second kappa shape index (κ2) is 7.92. The number of para-hydroxylation sites is 1. The third-order valence-corrected chi connectivity index (χ3v) is 4.51. The van der Waals surface area contributed by atoms with Gasteiger partial charge in [-0.05, 0) is 42.3 Å². The van der Waals surface area contributed by atoms with Gasteiger partial charge in [-0.3, -0.25) is 9.78 Å². The SMILES string of the molecule is O=C1Nc2ccccc2C1=CNc1ccc(NCCc2cccnc2)c(F)c1. The lowest BCUT2D eigenvalue weighted by molar-refractivity contribution is -0.110. The fraction of sp³-hybridized carbons (Fsp3) is 0.0909. The summed E-state index contributed by atoms with van der Waals surface area (Å²) in [6, 6.07) is 16.2. The molecule has 6 heteroatoms. The number of hydrogen-bond acceptors (Lipinski definition) is 4. The quantitative estimate of drug-likeness (QED) is 0.564. The van der Waals surface area contributed by atoms with Crippen LogP contribution in [0, 0.1) is 5.82 Å². The van der Waals surface area contributed by atoms with Crippen LogP contribution in [0.5, 0.6) is 0 Å². The monoisotopic (exact) mass is 374 g/mol. The molecule has 0 bridgehead atoms. The number of halogens is 1. The van der Waals surface area contributed by atoms with E-state index in [9.17, 15) is 9.18 Å². The highest BCUT2D eigenvalue weighted by Gasteiger charge is 2.23. The van der Waals surface area contributed by atoms with Crippen LogP contribution in [-0.2, 0) is 11.2 Å². The van der Waals surface area contributed by atoms with E-state index in [-0.39, 0.29) is 11.7 Å². The highest BCUT2D eigenvalue weighted by molar-refractivity contribution is 6.31. The third kappa shape index (κ3) is 3.86. The third-order valence-electron chi connectivity index (χ3n) is 4.51. The van der Waals surface area contributed by atoms with E-state index in [1.165, 1.54) is 6.07 Å². The van der Waals surface area contributed by atoms with Crippen molar-refractivity contribution in [3.63, 3.8) is 0 Å². The lowest BCUT2D eigenvalue weighted by atomic mass is 10.1. The van der Waals surface area contributed by atoms with Crippen LogP contribution in [0.1, 0.15) is 11.1 Å². The van der Waals surface area contributed by atoms with Gasteiger partial charge in [0.25, 0.3) is 5.91 Å². The van der Waals surface area contributed by atoms with E-state index >= 15 is 0 Å². The molecule has 0 atom stereocenters. The minimum atomic E-state index is -0.356. The van der Waals surface area contributed by atoms with Crippen LogP contribution in [0.15, 0.2) is 73.2 Å². The number of rotatable bonds is 6. The Kier molecular flexibility index (Phi) is 5.01. The number of nitrogens with one attached hydrogen (secondary N) is 3. The fourth-order valence-electron chi connectivity index (χ4n) is 3.07. The summed E-state index contributed by atoms with van der Waals surface area (Å²) in [5.41, 5.74) is 4.23. The molecule has 0 fully saturated rings. The van der Waals surface area contributed by atoms with E-state index in [0.717, 1.165) is 23.2 Å². The number of fused-ring (bicyclic) bond motifs is 1. The predicted molar refractivity (Wildman–Crippen MR) is 110 cm³/mol. The van der Waals surface area contributed by atoms with Gasteiger partial charge in [0.2, 0.25) is 0 Å². The van der Waals surface area contributed by atoms with Crippen molar-refractivity contribution in [1.29, 1.82) is 0 Å². The Labute approximate surface area is 162 Å². The van der Waals surface area contributed by atoms with Crippen molar-refractivity contribution >= 4 is 28.5 Å². The Balaban J connectivity index is 1.40. The molecule has 3 N–H and O–H groups in total. The number of benzene rings is 2. The summed E-state index contributed by atoms with van der Waals surface area (Å²) in [5.74, 6) is -0.534. The van der Waals surface area contributed by atoms with Crippen molar-refractivity contribution in [3.05, 3.63) is 90.1 Å². The van der Waals surface area contributed by atoms with E-state index in [1.807, 2.05) is 36.4 Å². The first kappa shape index (κ1) is 17.7. The maximum atomic E-state index is 14.4. The Morgan fingerprint density at radius 1 is 1.11 bits per heavy atom. The maximum Gasteiger partial charge on any atom is 0.257 e. The molecule has 2 aromatic carbocycles. The van der Waals surface area contributed by atoms with Gasteiger partial charge in [0.1, 0.15) is 5.82 Å². The molecule has 28 heavy (non-hydrogen) atoms. The summed E-state index contributed by atoms with van der Waals surface area (Å²) in [7, 11) is 0. The van der Waals surface area contributed by atoms with Crippen LogP contribution in [-0.4, -0.2) is 17.4 Å². The van der Waals surface area contributed by atoms with E-state index < -0.39 is 0 Å². The molecule has 1 aromatic heterocycles. The normalized spacial score (nSPS) is 13.9. The Morgan fingerprint density at radius 3 is 2.82 bits per heavy atom. The molecule has 3 aromatic rings. The number of amides is 1. The second-order valence-electron chi connectivity index (χ2n) is 6.43. The van der Waals surface area contributed by atoms with Gasteiger partial charge in [-0.1, -0.05) is 24.3 Å². The standard InChI is InChI=1S/C22H19FN4O/c23-19-12-16(7-8-21(19)25-11-9-15-4-3-10-24-13-15)26-14-18-17-5-1-2-6-20(17)27-22(18)28/h1-8,10,12-14,25-26H,9,11H2,(H,27,28). The lowest BCUT2D eigenvalue weighted by Crippen LogP contribution is -2.07. The summed E-state index contributed by atoms with van der Waals surface area (Å²) in [6.07, 6.45) is 5.89. The Hall–Kier alpha value is -3.67. The van der Waals surface area contributed by atoms with Gasteiger partial charge in [0.15, 0.2) is 0 Å². The molecule has 0 radical (unpaired) electrons. The van der Waals surface area contributed by atoms with E-state index in [0.29, 0.717) is 23.5 Å². The smallest absolute Gasteiger partial charge is 0.257 e. The number of hydrogen-bond donors (Lipinski definition) is 3. The van der Waals surface area contributed by atoms with Gasteiger partial charge in [-0.25, -0.2) is 4.39 Å². The van der Waals surface area contributed by atoms with E-state index in [2.05, 4.69) is 20.9 Å². The molecule has 0 saturated carbocycles. The van der Waals surface area contributed by atoms with Gasteiger partial charge in [-0.15, -0.1) is 0 Å². The molecular weight excluding hydrogens is 355 g/mol. The highest BCUT2D eigenvalue weighted by atomic mass is 19.1. The van der Waals surface area contributed by atoms with Crippen LogP contribution < -0.4 is 16.0 Å². The largest absolute Gasteiger partial charge is 0.382 e. The lowest BCUT2D eigenvalue weighted by Gasteiger charge is -2.09. The number of anilines is 3. The van der Waals surface area contributed by atoms with Crippen molar-refractivity contribution in [1.82, 2.24) is 4.98 Å². The molecule has 5 nitrogen and oxygen atoms in total. The Bertz CT molecular complexity index is 1030. The average molecular weight is 374 g/mol. The molecule has 4 rings (SSSR count). The minimum Gasteiger partial charge on any atom is -0.382 e. The van der Waals surface area contributed by atoms with Crippen LogP contribution >= 0.6 is 0 Å². The van der Waals surface area contributed by atoms with Gasteiger partial charge in [-0.2, -0.15) is 0 Å². The molecule has 0 unspecified atom stereocenters. The van der Waals surface area contributed by atoms with Crippen LogP contribution in [0.4, 0.5) is 21.5 Å². The minimum absolute atomic E-state index is 0.178. The van der Waals surface area contributed by atoms with Crippen molar-refractivity contribution in [3.8, 4) is 0 Å². The molecule has 2 heterocycles. The second-order valence-corrected chi connectivity index (χ2v) is 6.43. The highest BCUT2D eigenvalue weighted by Crippen LogP contribution is 2.31. The molecule has 1 aliphatic rings. The summed E-state index contributed by atoms with van der Waals surface area (Å²) in [4.78, 5) is 16.2. The summed E-state index contributed by atoms with van der Waals surface area (Å²) < 4.78 is 14.4. The fourth-order valence-corrected chi connectivity index (χ4v) is 3.07. The number of carbonyl (C=O) groups excluding carboxylic acids is 1. The zero-order chi connectivity index (χ0) is 19.3. The molecular formula is C22H19FN4O. The number of aromatic nitrogens is 1. The van der Waals surface area contributed by atoms with Gasteiger partial charge >= 0.3 is 0 Å². The van der Waals surface area contributed by atoms with Crippen LogP contribution in [0.2, 0.25) is 0 Å². The van der Waals surface area contributed by atoms with Crippen LogP contribution in [0.25, 0.3) is 5.57 Å². The predicted octanol–water partition coefficient (Wildman–Crippen LogP) is 4.28. The van der Waals surface area contributed by atoms with E-state index in [1.54, 1.807) is 30.7 Å². The summed E-state index contributed by atoms with van der Waals surface area (Å²) in [6.45, 7) is 0.608. The van der Waals surface area contributed by atoms with Gasteiger partial charge in [0, 0.05) is 42.1 Å². The number of pyridine rings is 1. The van der Waals surface area contributed by atoms with Gasteiger partial charge < -0.3 is 16.0 Å². The zero-order valence-corrected chi connectivity index (χ0v) is 15.1. The van der Waals surface area contributed by atoms with Gasteiger partial charge in [0.05, 0.1) is 11.3 Å². The molecule has 0 aliphatic carbocycles. The number of carbonyl (C=O) groups is 1. The van der Waals surface area contributed by atoms with Crippen LogP contribution in [0.3, 0.4) is 0 Å². The molecule has 0 saturated heterocycles. The average Bonchev–Trinajstić information content (AvgIpc) is 3.04. The number of nitrogens with zero attached hydrogens (tertiary/aromatic N) is 1. The molecule has 1 amide bonds. The van der Waals surface area contributed by atoms with E-state index in [4.69, 9.17) is 0 Å². The zero-order valence-electron chi connectivity index (χ0n) is 15.1. The summed E-state index contributed by atoms with van der Waals surface area (Å²) in [5, 5.41) is 8.91. The summed E-state index contributed by atoms with van der Waals surface area (Å²) >= 11 is 0. The molecule has 140 valence electrons. The first-order chi connectivity index (χ1) is 13.7. The Morgan fingerprint density at radius 2 is 2.00 bits per heavy atom. The van der Waals surface area contributed by atoms with Crippen molar-refractivity contribution in [2.75, 3.05) is 22.5 Å². The maximum absolute atomic E-state index is 14.4. The molecule has 1 aliphatic heterocycles. The molecule has 0 spiro atoms. The topological polar surface area (TPSA) is 66.1 Å². The first-order valence-corrected chi connectivity index (χ1v) is 9.00.